The van der Waals surface area contributed by atoms with E-state index in [0.717, 1.165) is 6.07 Å². The number of nitrogens with one attached hydrogen (secondary N) is 1. The number of nitro groups is 2. The first-order valence-electron chi connectivity index (χ1n) is 6.19. The monoisotopic (exact) mass is 290 g/mol. The van der Waals surface area contributed by atoms with Gasteiger partial charge in [-0.05, 0) is 32.9 Å². The van der Waals surface area contributed by atoms with Crippen molar-refractivity contribution in [3.05, 3.63) is 44.6 Å². The average Bonchev–Trinajstić information content (AvgIpc) is 2.36. The minimum absolute atomic E-state index is 0.189. The number of hydrogen-bond donors (Lipinski definition) is 1. The smallest absolute Gasteiger partial charge is 0.301 e. The van der Waals surface area contributed by atoms with Gasteiger partial charge in [0.2, 0.25) is 0 Å². The number of nitro benzene ring substituents is 2. The fourth-order valence-electron chi connectivity index (χ4n) is 2.01. The van der Waals surface area contributed by atoms with Crippen LogP contribution in [0.5, 0.6) is 0 Å². The summed E-state index contributed by atoms with van der Waals surface area (Å²) in [5.74, 6) is 0. The second kappa shape index (κ2) is 4.97. The highest BCUT2D eigenvalue weighted by Gasteiger charge is 2.28. The summed E-state index contributed by atoms with van der Waals surface area (Å²) in [5, 5.41) is 25.6. The number of benzene rings is 1. The molecule has 0 fully saturated rings. The molecule has 0 spiro atoms. The number of fused-ring (bicyclic) bond motifs is 1. The number of pyridine rings is 1. The van der Waals surface area contributed by atoms with Crippen molar-refractivity contribution in [2.75, 3.05) is 5.32 Å². The fraction of sp³-hybridized carbons (Fsp3) is 0.308. The molecule has 0 saturated carbocycles. The topological polar surface area (TPSA) is 111 Å². The Bertz CT molecular complexity index is 737. The van der Waals surface area contributed by atoms with Crippen LogP contribution in [0.1, 0.15) is 20.8 Å². The second-order valence-corrected chi connectivity index (χ2v) is 5.58. The molecule has 0 saturated heterocycles. The van der Waals surface area contributed by atoms with Crippen LogP contribution in [0.25, 0.3) is 10.9 Å². The van der Waals surface area contributed by atoms with Crippen LogP contribution in [-0.2, 0) is 0 Å². The molecule has 8 nitrogen and oxygen atoms in total. The second-order valence-electron chi connectivity index (χ2n) is 5.58. The Balaban J connectivity index is 2.87. The van der Waals surface area contributed by atoms with E-state index in [0.29, 0.717) is 0 Å². The molecule has 0 aliphatic heterocycles. The van der Waals surface area contributed by atoms with E-state index in [-0.39, 0.29) is 28.0 Å². The van der Waals surface area contributed by atoms with Gasteiger partial charge in [-0.3, -0.25) is 25.2 Å². The van der Waals surface area contributed by atoms with Gasteiger partial charge in [-0.25, -0.2) is 0 Å². The van der Waals surface area contributed by atoms with E-state index < -0.39 is 15.4 Å². The molecule has 0 aliphatic carbocycles. The summed E-state index contributed by atoms with van der Waals surface area (Å²) in [7, 11) is 0. The van der Waals surface area contributed by atoms with Gasteiger partial charge in [-0.15, -0.1) is 0 Å². The van der Waals surface area contributed by atoms with Crippen LogP contribution in [0.4, 0.5) is 17.1 Å². The maximum Gasteiger partial charge on any atom is 0.301 e. The molecule has 0 radical (unpaired) electrons. The summed E-state index contributed by atoms with van der Waals surface area (Å²) >= 11 is 0. The zero-order chi connectivity index (χ0) is 15.8. The molecule has 1 aromatic heterocycles. The van der Waals surface area contributed by atoms with E-state index in [1.807, 2.05) is 20.8 Å². The molecule has 0 unspecified atom stereocenters. The van der Waals surface area contributed by atoms with Gasteiger partial charge >= 0.3 is 5.69 Å². The van der Waals surface area contributed by atoms with E-state index >= 15 is 0 Å². The minimum atomic E-state index is -0.644. The minimum Gasteiger partial charge on any atom is -0.373 e. The number of non-ortho nitro benzene ring substituents is 1. The number of rotatable bonds is 3. The molecule has 8 heteroatoms. The van der Waals surface area contributed by atoms with Crippen LogP contribution < -0.4 is 5.32 Å². The third kappa shape index (κ3) is 2.88. The molecular formula is C13H14N4O4. The molecule has 2 rings (SSSR count). The summed E-state index contributed by atoms with van der Waals surface area (Å²) < 4.78 is 0. The highest BCUT2D eigenvalue weighted by atomic mass is 16.6. The molecule has 21 heavy (non-hydrogen) atoms. The van der Waals surface area contributed by atoms with E-state index in [1.165, 1.54) is 12.3 Å². The predicted octanol–water partition coefficient (Wildman–Crippen LogP) is 3.26. The van der Waals surface area contributed by atoms with Gasteiger partial charge in [0.25, 0.3) is 5.69 Å². The first-order chi connectivity index (χ1) is 9.70. The highest BCUT2D eigenvalue weighted by molar-refractivity contribution is 6.01. The number of hydrogen-bond acceptors (Lipinski definition) is 6. The normalized spacial score (nSPS) is 11.4. The van der Waals surface area contributed by atoms with E-state index in [1.54, 1.807) is 6.07 Å². The van der Waals surface area contributed by atoms with Crippen LogP contribution in [-0.4, -0.2) is 20.4 Å². The van der Waals surface area contributed by atoms with Gasteiger partial charge in [-0.2, -0.15) is 0 Å². The molecule has 1 N–H and O–H groups in total. The Morgan fingerprint density at radius 3 is 2.29 bits per heavy atom. The lowest BCUT2D eigenvalue weighted by Crippen LogP contribution is -2.27. The van der Waals surface area contributed by atoms with Crippen molar-refractivity contribution in [2.45, 2.75) is 26.3 Å². The lowest BCUT2D eigenvalue weighted by molar-refractivity contribution is -0.392. The van der Waals surface area contributed by atoms with Crippen LogP contribution in [0.2, 0.25) is 0 Å². The molecule has 0 bridgehead atoms. The van der Waals surface area contributed by atoms with Crippen molar-refractivity contribution in [1.82, 2.24) is 4.98 Å². The molecule has 0 atom stereocenters. The molecule has 1 aromatic carbocycles. The van der Waals surface area contributed by atoms with Crippen LogP contribution in [0.15, 0.2) is 24.4 Å². The summed E-state index contributed by atoms with van der Waals surface area (Å²) in [6, 6.07) is 4.05. The van der Waals surface area contributed by atoms with Gasteiger partial charge in [0, 0.05) is 11.7 Å². The SMILES string of the molecule is CC(C)(C)Nc1c([N+](=O)[O-])cc([N+](=O)[O-])c2cccnc12. The van der Waals surface area contributed by atoms with E-state index in [4.69, 9.17) is 0 Å². The molecule has 1 heterocycles. The molecule has 0 amide bonds. The number of anilines is 1. The number of aromatic nitrogens is 1. The summed E-state index contributed by atoms with van der Waals surface area (Å²) in [5.41, 5.74) is -0.736. The van der Waals surface area contributed by atoms with Crippen molar-refractivity contribution in [3.63, 3.8) is 0 Å². The lowest BCUT2D eigenvalue weighted by Gasteiger charge is -2.22. The van der Waals surface area contributed by atoms with Gasteiger partial charge in [0.15, 0.2) is 0 Å². The van der Waals surface area contributed by atoms with Crippen molar-refractivity contribution in [1.29, 1.82) is 0 Å². The van der Waals surface area contributed by atoms with Gasteiger partial charge in [0.05, 0.1) is 21.3 Å². The summed E-state index contributed by atoms with van der Waals surface area (Å²) in [6.07, 6.45) is 1.45. The van der Waals surface area contributed by atoms with Gasteiger partial charge in [0.1, 0.15) is 11.2 Å². The lowest BCUT2D eigenvalue weighted by atomic mass is 10.1. The van der Waals surface area contributed by atoms with E-state index in [9.17, 15) is 20.2 Å². The van der Waals surface area contributed by atoms with Crippen LogP contribution in [0, 0.1) is 20.2 Å². The van der Waals surface area contributed by atoms with Crippen molar-refractivity contribution >= 4 is 28.0 Å². The molecule has 0 aliphatic rings. The first-order valence-corrected chi connectivity index (χ1v) is 6.19. The van der Waals surface area contributed by atoms with Crippen molar-refractivity contribution in [3.8, 4) is 0 Å². The largest absolute Gasteiger partial charge is 0.373 e. The third-order valence-electron chi connectivity index (χ3n) is 2.74. The number of nitrogens with zero attached hydrogens (tertiary/aromatic N) is 3. The average molecular weight is 290 g/mol. The van der Waals surface area contributed by atoms with Crippen molar-refractivity contribution in [2.24, 2.45) is 0 Å². The zero-order valence-corrected chi connectivity index (χ0v) is 11.8. The van der Waals surface area contributed by atoms with Crippen LogP contribution >= 0.6 is 0 Å². The van der Waals surface area contributed by atoms with Crippen molar-refractivity contribution < 1.29 is 9.85 Å². The third-order valence-corrected chi connectivity index (χ3v) is 2.74. The maximum atomic E-state index is 11.2. The maximum absolute atomic E-state index is 11.2. The Morgan fingerprint density at radius 2 is 1.76 bits per heavy atom. The van der Waals surface area contributed by atoms with Crippen LogP contribution in [0.3, 0.4) is 0 Å². The Kier molecular flexibility index (Phi) is 3.46. The fourth-order valence-corrected chi connectivity index (χ4v) is 2.01. The Morgan fingerprint density at radius 1 is 1.14 bits per heavy atom. The molecule has 110 valence electrons. The van der Waals surface area contributed by atoms with E-state index in [2.05, 4.69) is 10.3 Å². The zero-order valence-electron chi connectivity index (χ0n) is 11.8. The summed E-state index contributed by atoms with van der Waals surface area (Å²) in [6.45, 7) is 5.52. The Hall–Kier alpha value is -2.77. The summed E-state index contributed by atoms with van der Waals surface area (Å²) in [4.78, 5) is 25.2. The predicted molar refractivity (Wildman–Crippen MR) is 78.4 cm³/mol. The molecular weight excluding hydrogens is 276 g/mol. The standard InChI is InChI=1S/C13H14N4O4/c1-13(2,3)15-12-10(17(20)21)7-9(16(18)19)8-5-4-6-14-11(8)12/h4-7,15H,1-3H3. The first kappa shape index (κ1) is 14.6. The van der Waals surface area contributed by atoms with Gasteiger partial charge in [-0.1, -0.05) is 0 Å². The Labute approximate surface area is 120 Å². The highest BCUT2D eigenvalue weighted by Crippen LogP contribution is 2.39. The quantitative estimate of drug-likeness (QED) is 0.686. The molecule has 2 aromatic rings. The van der Waals surface area contributed by atoms with Gasteiger partial charge < -0.3 is 5.32 Å².